The zero-order valence-corrected chi connectivity index (χ0v) is 19.3. The Morgan fingerprint density at radius 2 is 1.29 bits per heavy atom. The predicted octanol–water partition coefficient (Wildman–Crippen LogP) is 1.75. The third-order valence-corrected chi connectivity index (χ3v) is 3.92. The summed E-state index contributed by atoms with van der Waals surface area (Å²) in [6, 6.07) is 7.38. The Balaban J connectivity index is 1.84. The molecule has 0 atom stereocenters. The maximum atomic E-state index is 5.49. The minimum atomic E-state index is 0.510. The van der Waals surface area contributed by atoms with Crippen LogP contribution in [0.25, 0.3) is 0 Å². The molecule has 0 aliphatic rings. The summed E-state index contributed by atoms with van der Waals surface area (Å²) in [5, 5.41) is 9.01. The van der Waals surface area contributed by atoms with E-state index in [1.807, 2.05) is 24.3 Å². The molecule has 0 saturated carbocycles. The number of ether oxygens (including phenoxy) is 5. The third kappa shape index (κ3) is 16.8. The first-order chi connectivity index (χ1) is 15.3. The van der Waals surface area contributed by atoms with Crippen molar-refractivity contribution in [1.29, 1.82) is 0 Å². The van der Waals surface area contributed by atoms with Crippen LogP contribution in [0.15, 0.2) is 29.3 Å². The standard InChI is InChI=1S/C20H32N4O5S2/c21-5-7-25-9-11-27-13-15-29-16-14-28-12-10-26-8-6-22-20(31)24-19-3-1-18(2-4-19)23-17-30/h1-4H,5-16,21H2,(H2,22,24,31). The van der Waals surface area contributed by atoms with Crippen molar-refractivity contribution < 1.29 is 23.7 Å². The zero-order valence-electron chi connectivity index (χ0n) is 17.7. The van der Waals surface area contributed by atoms with Gasteiger partial charge in [-0.2, -0.15) is 4.99 Å². The van der Waals surface area contributed by atoms with Crippen LogP contribution in [0.2, 0.25) is 0 Å². The molecule has 0 aliphatic heterocycles. The number of anilines is 1. The Bertz CT molecular complexity index is 631. The van der Waals surface area contributed by atoms with Gasteiger partial charge in [0, 0.05) is 18.8 Å². The molecule has 0 aromatic heterocycles. The zero-order chi connectivity index (χ0) is 22.4. The number of hydrogen-bond donors (Lipinski definition) is 3. The van der Waals surface area contributed by atoms with Crippen molar-refractivity contribution in [2.45, 2.75) is 0 Å². The van der Waals surface area contributed by atoms with Crippen molar-refractivity contribution in [1.82, 2.24) is 5.32 Å². The summed E-state index contributed by atoms with van der Waals surface area (Å²) >= 11 is 9.82. The lowest BCUT2D eigenvalue weighted by atomic mass is 10.3. The number of nitrogens with two attached hydrogens (primary N) is 1. The lowest BCUT2D eigenvalue weighted by molar-refractivity contribution is -0.0101. The molecule has 0 amide bonds. The van der Waals surface area contributed by atoms with Gasteiger partial charge in [-0.3, -0.25) is 0 Å². The predicted molar refractivity (Wildman–Crippen MR) is 129 cm³/mol. The highest BCUT2D eigenvalue weighted by atomic mass is 32.1. The van der Waals surface area contributed by atoms with Crippen LogP contribution in [0.1, 0.15) is 0 Å². The molecule has 11 heteroatoms. The Kier molecular flexibility index (Phi) is 18.1. The molecule has 9 nitrogen and oxygen atoms in total. The first-order valence-electron chi connectivity index (χ1n) is 10.1. The molecule has 0 aliphatic carbocycles. The Hall–Kier alpha value is -1.53. The summed E-state index contributed by atoms with van der Waals surface area (Å²) in [6.07, 6.45) is 0. The van der Waals surface area contributed by atoms with Gasteiger partial charge in [0.05, 0.1) is 76.9 Å². The van der Waals surface area contributed by atoms with Crippen LogP contribution >= 0.6 is 24.4 Å². The largest absolute Gasteiger partial charge is 0.378 e. The second-order valence-corrected chi connectivity index (χ2v) is 6.57. The fourth-order valence-corrected chi connectivity index (χ4v) is 2.47. The molecule has 4 N–H and O–H groups in total. The van der Waals surface area contributed by atoms with Gasteiger partial charge in [-0.05, 0) is 48.7 Å². The minimum Gasteiger partial charge on any atom is -0.378 e. The van der Waals surface area contributed by atoms with Crippen molar-refractivity contribution in [2.75, 3.05) is 84.5 Å². The highest BCUT2D eigenvalue weighted by molar-refractivity contribution is 7.80. The highest BCUT2D eigenvalue weighted by Crippen LogP contribution is 2.15. The number of benzene rings is 1. The van der Waals surface area contributed by atoms with E-state index in [0.29, 0.717) is 84.3 Å². The summed E-state index contributed by atoms with van der Waals surface area (Å²) in [7, 11) is 0. The maximum absolute atomic E-state index is 5.49. The molecule has 1 aromatic carbocycles. The van der Waals surface area contributed by atoms with Crippen LogP contribution in [0.4, 0.5) is 11.4 Å². The maximum Gasteiger partial charge on any atom is 0.170 e. The quantitative estimate of drug-likeness (QED) is 0.157. The van der Waals surface area contributed by atoms with Crippen LogP contribution in [0.3, 0.4) is 0 Å². The van der Waals surface area contributed by atoms with E-state index in [1.165, 1.54) is 0 Å². The average Bonchev–Trinajstić information content (AvgIpc) is 2.77. The van der Waals surface area contributed by atoms with E-state index >= 15 is 0 Å². The van der Waals surface area contributed by atoms with Gasteiger partial charge >= 0.3 is 0 Å². The average molecular weight is 473 g/mol. The lowest BCUT2D eigenvalue weighted by Gasteiger charge is -2.11. The van der Waals surface area contributed by atoms with E-state index in [2.05, 4.69) is 33.0 Å². The number of rotatable bonds is 19. The van der Waals surface area contributed by atoms with E-state index in [9.17, 15) is 0 Å². The van der Waals surface area contributed by atoms with Crippen LogP contribution in [-0.2, 0) is 23.7 Å². The van der Waals surface area contributed by atoms with Crippen molar-refractivity contribution in [3.63, 3.8) is 0 Å². The Morgan fingerprint density at radius 3 is 1.77 bits per heavy atom. The van der Waals surface area contributed by atoms with Crippen LogP contribution in [0, 0.1) is 0 Å². The third-order valence-electron chi connectivity index (χ3n) is 3.58. The summed E-state index contributed by atoms with van der Waals surface area (Å²) in [5.74, 6) is 0. The van der Waals surface area contributed by atoms with Gasteiger partial charge in [-0.25, -0.2) is 0 Å². The Morgan fingerprint density at radius 1 is 0.806 bits per heavy atom. The SMILES string of the molecule is NCCOCCOCCOCCOCCOCCNC(=S)Nc1ccc(N=C=S)cc1. The number of nitrogens with zero attached hydrogens (tertiary/aromatic N) is 1. The van der Waals surface area contributed by atoms with E-state index in [0.717, 1.165) is 11.4 Å². The summed E-state index contributed by atoms with van der Waals surface area (Å²) in [6.45, 7) is 6.43. The molecule has 0 unspecified atom stereocenters. The Labute approximate surface area is 194 Å². The first kappa shape index (κ1) is 27.5. The monoisotopic (exact) mass is 472 g/mol. The van der Waals surface area contributed by atoms with E-state index in [-0.39, 0.29) is 0 Å². The molecule has 0 bridgehead atoms. The van der Waals surface area contributed by atoms with Crippen LogP contribution < -0.4 is 16.4 Å². The number of nitrogens with one attached hydrogen (secondary N) is 2. The molecule has 0 radical (unpaired) electrons. The number of isothiocyanates is 1. The molecular weight excluding hydrogens is 440 g/mol. The van der Waals surface area contributed by atoms with E-state index in [1.54, 1.807) is 0 Å². The fourth-order valence-electron chi connectivity index (χ4n) is 2.15. The van der Waals surface area contributed by atoms with Gasteiger partial charge in [-0.15, -0.1) is 0 Å². The molecule has 0 fully saturated rings. The summed E-state index contributed by atoms with van der Waals surface area (Å²) in [5.41, 5.74) is 6.92. The van der Waals surface area contributed by atoms with Gasteiger partial charge in [0.1, 0.15) is 0 Å². The van der Waals surface area contributed by atoms with Crippen LogP contribution in [-0.4, -0.2) is 89.4 Å². The van der Waals surface area contributed by atoms with E-state index in [4.69, 9.17) is 41.6 Å². The molecule has 31 heavy (non-hydrogen) atoms. The summed E-state index contributed by atoms with van der Waals surface area (Å²) < 4.78 is 26.9. The van der Waals surface area contributed by atoms with Crippen LogP contribution in [0.5, 0.6) is 0 Å². The fraction of sp³-hybridized carbons (Fsp3) is 0.600. The molecule has 0 spiro atoms. The van der Waals surface area contributed by atoms with Crippen molar-refractivity contribution in [3.8, 4) is 0 Å². The molecule has 1 aromatic rings. The highest BCUT2D eigenvalue weighted by Gasteiger charge is 1.98. The first-order valence-corrected chi connectivity index (χ1v) is 10.9. The second-order valence-electron chi connectivity index (χ2n) is 5.98. The topological polar surface area (TPSA) is 109 Å². The smallest absolute Gasteiger partial charge is 0.170 e. The van der Waals surface area contributed by atoms with E-state index < -0.39 is 0 Å². The molecule has 174 valence electrons. The van der Waals surface area contributed by atoms with Crippen molar-refractivity contribution in [2.24, 2.45) is 10.7 Å². The van der Waals surface area contributed by atoms with Gasteiger partial charge in [-0.1, -0.05) is 0 Å². The summed E-state index contributed by atoms with van der Waals surface area (Å²) in [4.78, 5) is 3.90. The molecular formula is C20H32N4O5S2. The molecule has 0 saturated heterocycles. The number of thiocarbonyl (C=S) groups is 2. The number of hydrogen-bond acceptors (Lipinski definition) is 9. The van der Waals surface area contributed by atoms with Gasteiger partial charge in [0.25, 0.3) is 0 Å². The van der Waals surface area contributed by atoms with Crippen molar-refractivity contribution >= 4 is 46.1 Å². The normalized spacial score (nSPS) is 10.5. The molecule has 0 heterocycles. The van der Waals surface area contributed by atoms with Gasteiger partial charge < -0.3 is 40.1 Å². The van der Waals surface area contributed by atoms with Gasteiger partial charge in [0.2, 0.25) is 0 Å². The second kappa shape index (κ2) is 20.4. The minimum absolute atomic E-state index is 0.510. The van der Waals surface area contributed by atoms with Crippen molar-refractivity contribution in [3.05, 3.63) is 24.3 Å². The number of aliphatic imine (C=N–C) groups is 1. The van der Waals surface area contributed by atoms with Gasteiger partial charge in [0.15, 0.2) is 5.11 Å². The lowest BCUT2D eigenvalue weighted by Crippen LogP contribution is -2.31. The molecule has 1 rings (SSSR count).